The zero-order chi connectivity index (χ0) is 35.6. The highest BCUT2D eigenvalue weighted by molar-refractivity contribution is 6.08. The van der Waals surface area contributed by atoms with Gasteiger partial charge in [0.25, 0.3) is 5.67 Å². The maximum atomic E-state index is 16.6. The summed E-state index contributed by atoms with van der Waals surface area (Å²) in [5.74, 6) is -6.03. The van der Waals surface area contributed by atoms with E-state index < -0.39 is 88.4 Å². The summed E-state index contributed by atoms with van der Waals surface area (Å²) >= 11 is 0. The SMILES string of the molecule is CC[C@H]1OC(=O)[C@](C)(F)C(=O)[C@H](C)[C@@H](O[C@@H]2O[C@H](C)C[C@H](N(C)C)[C@H]2O)[C@@](C)(OC)C[C@@H](C)C(=O)[C@]2(C)CN(C)[C@H]3C(=O)O[C@@]1(C)[C@H]32. The Morgan fingerprint density at radius 1 is 1.06 bits per heavy atom. The van der Waals surface area contributed by atoms with Crippen molar-refractivity contribution in [2.45, 2.75) is 134 Å². The molecule has 0 saturated carbocycles. The number of alkyl halides is 1. The molecule has 0 aromatic carbocycles. The molecule has 0 aromatic rings. The molecule has 4 aliphatic heterocycles. The van der Waals surface area contributed by atoms with Gasteiger partial charge in [-0.05, 0) is 68.1 Å². The quantitative estimate of drug-likeness (QED) is 0.339. The van der Waals surface area contributed by atoms with Gasteiger partial charge >= 0.3 is 11.9 Å². The van der Waals surface area contributed by atoms with Gasteiger partial charge < -0.3 is 33.7 Å². The number of ketones is 2. The average molecular weight is 671 g/mol. The molecule has 4 rings (SSSR count). The minimum absolute atomic E-state index is 0.0347. The molecular formula is C34H55FN2O10. The molecule has 4 aliphatic rings. The van der Waals surface area contributed by atoms with Crippen molar-refractivity contribution in [3.8, 4) is 0 Å². The van der Waals surface area contributed by atoms with Gasteiger partial charge in [-0.25, -0.2) is 9.18 Å². The Balaban J connectivity index is 1.86. The van der Waals surface area contributed by atoms with Gasteiger partial charge in [0.1, 0.15) is 24.0 Å². The number of aliphatic hydroxyl groups excluding tert-OH is 1. The fraction of sp³-hybridized carbons (Fsp3) is 0.882. The van der Waals surface area contributed by atoms with Crippen LogP contribution in [0.4, 0.5) is 4.39 Å². The summed E-state index contributed by atoms with van der Waals surface area (Å²) in [6, 6.07) is -1.13. The molecular weight excluding hydrogens is 615 g/mol. The van der Waals surface area contributed by atoms with Crippen LogP contribution in [0, 0.1) is 23.2 Å². The standard InChI is InChI=1S/C34H55FN2O10/c1-13-21-34(8)24-22(28(41)47-34)37(11)16-31(24,5)25(39)17(2)15-32(6,43-12)27(19(4)26(40)33(7,35)30(42)45-21)46-29-23(38)20(36(9)10)14-18(3)44-29/h17-24,27,29,38H,13-16H2,1-12H3/t17-,18-,19+,20+,21-,22-,23-,24-,27-,29+,31-,32+,33-,34-/m1/s1. The number of Topliss-reactive ketones (excluding diaryl/α,β-unsaturated/α-hetero) is 2. The lowest BCUT2D eigenvalue weighted by Crippen LogP contribution is -2.61. The van der Waals surface area contributed by atoms with Crippen molar-refractivity contribution >= 4 is 23.5 Å². The van der Waals surface area contributed by atoms with E-state index in [1.54, 1.807) is 46.6 Å². The van der Waals surface area contributed by atoms with E-state index >= 15 is 4.39 Å². The third kappa shape index (κ3) is 6.18. The Bertz CT molecular complexity index is 1250. The molecule has 4 heterocycles. The first-order valence-electron chi connectivity index (χ1n) is 16.7. The summed E-state index contributed by atoms with van der Waals surface area (Å²) in [6.07, 6.45) is -4.40. The lowest BCUT2D eigenvalue weighted by molar-refractivity contribution is -0.295. The number of cyclic esters (lactones) is 1. The number of rotatable bonds is 5. The number of halogens is 1. The molecule has 0 radical (unpaired) electrons. The Hall–Kier alpha value is -2.03. The third-order valence-electron chi connectivity index (χ3n) is 11.6. The second kappa shape index (κ2) is 13.0. The monoisotopic (exact) mass is 670 g/mol. The maximum absolute atomic E-state index is 16.6. The van der Waals surface area contributed by atoms with Gasteiger partial charge in [0, 0.05) is 42.9 Å². The number of likely N-dealkylation sites (N-methyl/N-ethyl adjacent to an activating group) is 2. The van der Waals surface area contributed by atoms with Crippen LogP contribution in [0.5, 0.6) is 0 Å². The van der Waals surface area contributed by atoms with E-state index in [-0.39, 0.29) is 37.3 Å². The number of nitrogens with zero attached hydrogens (tertiary/aromatic N) is 2. The Morgan fingerprint density at radius 3 is 2.23 bits per heavy atom. The lowest BCUT2D eigenvalue weighted by atomic mass is 9.62. The second-order valence-corrected chi connectivity index (χ2v) is 15.4. The third-order valence-corrected chi connectivity index (χ3v) is 11.6. The number of ether oxygens (including phenoxy) is 5. The van der Waals surface area contributed by atoms with E-state index in [9.17, 15) is 24.3 Å². The Morgan fingerprint density at radius 2 is 1.68 bits per heavy atom. The van der Waals surface area contributed by atoms with Crippen LogP contribution in [0.2, 0.25) is 0 Å². The number of likely N-dealkylation sites (tertiary alicyclic amines) is 1. The molecule has 0 aliphatic carbocycles. The van der Waals surface area contributed by atoms with Crippen LogP contribution in [0.3, 0.4) is 0 Å². The number of esters is 2. The van der Waals surface area contributed by atoms with Gasteiger partial charge in [-0.2, -0.15) is 0 Å². The molecule has 0 unspecified atom stereocenters. The van der Waals surface area contributed by atoms with Crippen molar-refractivity contribution in [3.05, 3.63) is 0 Å². The molecule has 0 bridgehead atoms. The molecule has 0 aromatic heterocycles. The van der Waals surface area contributed by atoms with Crippen LogP contribution in [0.25, 0.3) is 0 Å². The minimum Gasteiger partial charge on any atom is -0.455 e. The van der Waals surface area contributed by atoms with E-state index in [1.807, 2.05) is 25.9 Å². The van der Waals surface area contributed by atoms with Crippen LogP contribution < -0.4 is 0 Å². The van der Waals surface area contributed by atoms with Crippen molar-refractivity contribution in [1.29, 1.82) is 0 Å². The first-order valence-corrected chi connectivity index (χ1v) is 16.7. The van der Waals surface area contributed by atoms with Crippen LogP contribution in [0.1, 0.15) is 74.7 Å². The zero-order valence-electron chi connectivity index (χ0n) is 30.0. The predicted octanol–water partition coefficient (Wildman–Crippen LogP) is 2.32. The smallest absolute Gasteiger partial charge is 0.351 e. The highest BCUT2D eigenvalue weighted by atomic mass is 19.1. The largest absolute Gasteiger partial charge is 0.455 e. The van der Waals surface area contributed by atoms with E-state index in [0.29, 0.717) is 6.42 Å². The molecule has 0 amide bonds. The first-order chi connectivity index (χ1) is 21.6. The highest BCUT2D eigenvalue weighted by Gasteiger charge is 2.71. The molecule has 4 fully saturated rings. The second-order valence-electron chi connectivity index (χ2n) is 15.4. The molecule has 268 valence electrons. The lowest BCUT2D eigenvalue weighted by Gasteiger charge is -2.48. The molecule has 13 heteroatoms. The van der Waals surface area contributed by atoms with Gasteiger partial charge in [0.2, 0.25) is 0 Å². The molecule has 0 spiro atoms. The number of hydrogen-bond donors (Lipinski definition) is 1. The number of hydrogen-bond acceptors (Lipinski definition) is 12. The highest BCUT2D eigenvalue weighted by Crippen LogP contribution is 2.55. The topological polar surface area (TPSA) is 141 Å². The number of carbonyl (C=O) groups excluding carboxylic acids is 4. The Labute approximate surface area is 277 Å². The van der Waals surface area contributed by atoms with Crippen molar-refractivity contribution in [2.75, 3.05) is 34.8 Å². The zero-order valence-corrected chi connectivity index (χ0v) is 30.0. The number of methoxy groups -OCH3 is 1. The summed E-state index contributed by atoms with van der Waals surface area (Å²) in [5, 5.41) is 11.3. The number of carbonyl (C=O) groups is 4. The average Bonchev–Trinajstić information content (AvgIpc) is 3.45. The van der Waals surface area contributed by atoms with Crippen LogP contribution in [0.15, 0.2) is 0 Å². The van der Waals surface area contributed by atoms with E-state index in [4.69, 9.17) is 23.7 Å². The van der Waals surface area contributed by atoms with Crippen molar-refractivity contribution in [3.63, 3.8) is 0 Å². The van der Waals surface area contributed by atoms with Gasteiger partial charge in [-0.3, -0.25) is 19.3 Å². The summed E-state index contributed by atoms with van der Waals surface area (Å²) in [4.78, 5) is 59.3. The van der Waals surface area contributed by atoms with Gasteiger partial charge in [-0.1, -0.05) is 27.7 Å². The fourth-order valence-corrected chi connectivity index (χ4v) is 9.10. The minimum atomic E-state index is -3.13. The van der Waals surface area contributed by atoms with Crippen molar-refractivity contribution in [1.82, 2.24) is 9.80 Å². The van der Waals surface area contributed by atoms with Gasteiger partial charge in [-0.15, -0.1) is 0 Å². The molecule has 1 N–H and O–H groups in total. The summed E-state index contributed by atoms with van der Waals surface area (Å²) in [7, 11) is 6.81. The maximum Gasteiger partial charge on any atom is 0.351 e. The van der Waals surface area contributed by atoms with E-state index in [2.05, 4.69) is 0 Å². The summed E-state index contributed by atoms with van der Waals surface area (Å²) in [6.45, 7) is 12.9. The predicted molar refractivity (Wildman–Crippen MR) is 168 cm³/mol. The van der Waals surface area contributed by atoms with E-state index in [0.717, 1.165) is 6.92 Å². The first kappa shape index (κ1) is 37.8. The summed E-state index contributed by atoms with van der Waals surface area (Å²) < 4.78 is 46.8. The van der Waals surface area contributed by atoms with Crippen molar-refractivity contribution in [2.24, 2.45) is 23.2 Å². The molecule has 12 nitrogen and oxygen atoms in total. The molecule has 47 heavy (non-hydrogen) atoms. The molecule has 14 atom stereocenters. The number of aliphatic hydroxyl groups is 1. The normalized spacial score (nSPS) is 48.7. The van der Waals surface area contributed by atoms with Crippen LogP contribution in [-0.2, 0) is 42.9 Å². The van der Waals surface area contributed by atoms with Crippen LogP contribution >= 0.6 is 0 Å². The van der Waals surface area contributed by atoms with Crippen molar-refractivity contribution < 1.29 is 52.4 Å². The van der Waals surface area contributed by atoms with Crippen LogP contribution in [-0.4, -0.2) is 133 Å². The summed E-state index contributed by atoms with van der Waals surface area (Å²) in [5.41, 5.74) is -7.15. The molecule has 4 saturated heterocycles. The van der Waals surface area contributed by atoms with Gasteiger partial charge in [0.15, 0.2) is 17.7 Å². The van der Waals surface area contributed by atoms with Gasteiger partial charge in [0.05, 0.1) is 17.8 Å². The Kier molecular flexibility index (Phi) is 10.5. The van der Waals surface area contributed by atoms with E-state index in [1.165, 1.54) is 14.0 Å². The fourth-order valence-electron chi connectivity index (χ4n) is 9.10.